The third kappa shape index (κ3) is 26.1. The fourth-order valence-corrected chi connectivity index (χ4v) is 27.1. The van der Waals surface area contributed by atoms with Crippen LogP contribution in [0.4, 0.5) is 17.1 Å². The molecular weight excluding hydrogens is 1670 g/mol. The summed E-state index contributed by atoms with van der Waals surface area (Å²) in [6.07, 6.45) is 20.9. The number of hydrogen-bond acceptors (Lipinski definition) is 18. The predicted octanol–water partition coefficient (Wildman–Crippen LogP) is 16.9. The van der Waals surface area contributed by atoms with Crippen LogP contribution in [0.15, 0.2) is 173 Å². The minimum atomic E-state index is -3.67. The van der Waals surface area contributed by atoms with Crippen LogP contribution in [0.25, 0.3) is 0 Å². The average molecular weight is 1820 g/mol. The van der Waals surface area contributed by atoms with E-state index < -0.39 is 93.8 Å². The Morgan fingerprint density at radius 2 is 0.773 bits per heavy atom. The lowest BCUT2D eigenvalue weighted by molar-refractivity contribution is -0.941. The molecule has 5 N–H and O–H groups in total. The van der Waals surface area contributed by atoms with Gasteiger partial charge >= 0.3 is 11.9 Å². The Balaban J connectivity index is 0.000000201. The molecule has 6 aromatic carbocycles. The first-order valence-corrected chi connectivity index (χ1v) is 52.5. The summed E-state index contributed by atoms with van der Waals surface area (Å²) < 4.78 is 99.8. The van der Waals surface area contributed by atoms with E-state index in [0.717, 1.165) is 135 Å². The van der Waals surface area contributed by atoms with E-state index in [2.05, 4.69) is 69.2 Å². The lowest BCUT2D eigenvalue weighted by Gasteiger charge is -2.50. The number of rotatable bonds is 43. The summed E-state index contributed by atoms with van der Waals surface area (Å²) in [5, 5.41) is 55.1. The molecular formula is C103H151N7O15S3+2. The van der Waals surface area contributed by atoms with Crippen molar-refractivity contribution in [1.82, 2.24) is 9.80 Å². The quantitative estimate of drug-likeness (QED) is 0.0135. The molecule has 6 aliphatic heterocycles. The molecule has 22 nitrogen and oxygen atoms in total. The number of carboxylic acids is 2. The van der Waals surface area contributed by atoms with Crippen LogP contribution in [-0.2, 0) is 45.6 Å². The molecule has 0 amide bonds. The molecule has 7 aromatic rings. The summed E-state index contributed by atoms with van der Waals surface area (Å²) in [7, 11) is 0.801. The molecule has 0 saturated carbocycles. The van der Waals surface area contributed by atoms with Gasteiger partial charge in [0, 0.05) is 131 Å². The highest BCUT2D eigenvalue weighted by Crippen LogP contribution is 2.54. The zero-order valence-electron chi connectivity index (χ0n) is 78.7. The van der Waals surface area contributed by atoms with Crippen molar-refractivity contribution in [2.45, 2.75) is 247 Å². The summed E-state index contributed by atoms with van der Waals surface area (Å²) in [4.78, 5) is 32.9. The molecule has 0 aliphatic carbocycles. The summed E-state index contributed by atoms with van der Waals surface area (Å²) >= 11 is 0. The van der Waals surface area contributed by atoms with Gasteiger partial charge in [0.05, 0.1) is 103 Å². The van der Waals surface area contributed by atoms with Gasteiger partial charge in [0.25, 0.3) is 0 Å². The topological polar surface area (TPSA) is 276 Å². The van der Waals surface area contributed by atoms with Gasteiger partial charge in [-0.2, -0.15) is 0 Å². The molecule has 7 heterocycles. The van der Waals surface area contributed by atoms with Crippen molar-refractivity contribution in [3.05, 3.63) is 197 Å². The molecule has 6 atom stereocenters. The standard InChI is InChI=1S/C36H56N3O4S.C35H52N2O8S.C32H43N2O3S/c1-5-7-17-36(18-8-6-2)28-44(41,42)33-16-13-30(37(3)4)27-32(33)34(35(36)40)29-11-14-31(15-12-29)43-26-10-9-22-39-23-19-38(20-24-39)21-25-39;1-5-7-18-35(19-8-6-2)25-46(43,44)30-17-14-27(36(3)4)22-29(30)33(34(35)42)26-12-15-28(16-13-26)45-21-11-9-10-20-37(23-31(38)39)24-32(40)41;1-5-7-17-32(18-8-6-2)24-38(36,37)29-16-15-27(33(3)4)22-28(29)30(31(32)35)26-14-12-13-25(21-26)23-34-19-10-9-11-20-34/h11-16,27,34-35,40H,5-10,17-26,28H2,1-4H3;12-17,22,33-34,42H,5-11,18-21,23-25H2,1-4H3,(H,38,39)(H,40,41);9-16,19-22,30-31,35H,5-8,17-18,23-24H2,1-4H3/q+1;;+1/t34-,35-;33-,34-;30-,31-/m111/s1. The number of carboxylic acid groups (broad SMARTS) is 2. The molecule has 1 aromatic heterocycles. The normalized spacial score (nSPS) is 21.8. The second-order valence-electron chi connectivity index (χ2n) is 38.1. The number of sulfone groups is 3. The van der Waals surface area contributed by atoms with Crippen molar-refractivity contribution in [3.8, 4) is 11.5 Å². The van der Waals surface area contributed by atoms with E-state index in [9.17, 15) is 50.2 Å². The van der Waals surface area contributed by atoms with Crippen molar-refractivity contribution in [2.24, 2.45) is 16.2 Å². The Morgan fingerprint density at radius 1 is 0.422 bits per heavy atom. The second kappa shape index (κ2) is 46.9. The molecule has 0 spiro atoms. The number of ether oxygens (including phenoxy) is 2. The molecule has 704 valence electrons. The van der Waals surface area contributed by atoms with E-state index >= 15 is 0 Å². The first-order valence-electron chi connectivity index (χ1n) is 47.5. The van der Waals surface area contributed by atoms with E-state index in [-0.39, 0.29) is 30.3 Å². The maximum atomic E-state index is 14.1. The third-order valence-electron chi connectivity index (χ3n) is 28.0. The summed E-state index contributed by atoms with van der Waals surface area (Å²) in [6.45, 7) is 23.2. The first-order chi connectivity index (χ1) is 61.2. The van der Waals surface area contributed by atoms with Crippen LogP contribution in [0.5, 0.6) is 11.5 Å². The molecule has 0 radical (unpaired) electrons. The molecule has 2 bridgehead atoms. The minimum Gasteiger partial charge on any atom is -0.494 e. The van der Waals surface area contributed by atoms with Crippen LogP contribution in [-0.4, -0.2) is 234 Å². The lowest BCUT2D eigenvalue weighted by Crippen LogP contribution is -2.67. The summed E-state index contributed by atoms with van der Waals surface area (Å²) in [6, 6.07) is 46.7. The largest absolute Gasteiger partial charge is 0.494 e. The highest BCUT2D eigenvalue weighted by molar-refractivity contribution is 7.92. The van der Waals surface area contributed by atoms with Gasteiger partial charge < -0.3 is 54.2 Å². The van der Waals surface area contributed by atoms with E-state index in [1.807, 2.05) is 179 Å². The number of benzene rings is 6. The number of piperazine rings is 3. The third-order valence-corrected chi connectivity index (χ3v) is 34.0. The Hall–Kier alpha value is -7.98. The number of aliphatic hydroxyl groups is 3. The number of fused-ring (bicyclic) bond motifs is 6. The SMILES string of the molecule is CCCCC1(CCCC)CS(=O)(=O)c2ccc(N(C)C)cc2[C@@H](c2ccc(OCCCCCN(CC(=O)O)CC(=O)O)cc2)[C@H]1O.CCCCC1(CCCC)CS(=O)(=O)c2ccc(N(C)C)cc2[C@@H](c2ccc(OCCCC[N+]34CCN(CC3)CC4)cc2)[C@H]1O.CCCCC1(CCCC)CS(=O)(=O)c2ccc(N(C)C)cc2[C@@H](c2cccc(C[n+]3ccccc3)c2)[C@H]1O. The van der Waals surface area contributed by atoms with Gasteiger partial charge in [-0.25, -0.2) is 29.8 Å². The number of aromatic nitrogens is 1. The number of aliphatic hydroxyl groups excluding tert-OH is 3. The Kier molecular flexibility index (Phi) is 37.4. The van der Waals surface area contributed by atoms with Crippen LogP contribution in [0.3, 0.4) is 0 Å². The number of nitrogens with zero attached hydrogens (tertiary/aromatic N) is 7. The highest BCUT2D eigenvalue weighted by atomic mass is 32.2. The van der Waals surface area contributed by atoms with Crippen LogP contribution in [0, 0.1) is 16.2 Å². The minimum absolute atomic E-state index is 0.00840. The van der Waals surface area contributed by atoms with E-state index in [0.29, 0.717) is 115 Å². The smallest absolute Gasteiger partial charge is 0.317 e. The fourth-order valence-electron chi connectivity index (χ4n) is 20.6. The Morgan fingerprint density at radius 3 is 1.12 bits per heavy atom. The molecule has 3 saturated heterocycles. The zero-order chi connectivity index (χ0) is 92.6. The lowest BCUT2D eigenvalue weighted by atomic mass is 9.68. The average Bonchev–Trinajstić information content (AvgIpc) is 1.60. The van der Waals surface area contributed by atoms with Gasteiger partial charge in [-0.05, 0) is 195 Å². The predicted molar refractivity (Wildman–Crippen MR) is 513 cm³/mol. The summed E-state index contributed by atoms with van der Waals surface area (Å²) in [5.41, 5.74) is 6.48. The van der Waals surface area contributed by atoms with Gasteiger partial charge in [-0.15, -0.1) is 0 Å². The van der Waals surface area contributed by atoms with Gasteiger partial charge in [0.2, 0.25) is 0 Å². The second-order valence-corrected chi connectivity index (χ2v) is 43.9. The zero-order valence-corrected chi connectivity index (χ0v) is 81.2. The summed E-state index contributed by atoms with van der Waals surface area (Å²) in [5.74, 6) is -2.12. The number of carbonyl (C=O) groups is 2. The number of pyridine rings is 1. The maximum Gasteiger partial charge on any atom is 0.317 e. The molecule has 3 fully saturated rings. The number of quaternary nitrogens is 1. The van der Waals surface area contributed by atoms with E-state index in [4.69, 9.17) is 19.7 Å². The molecule has 13 rings (SSSR count). The first kappa shape index (κ1) is 102. The van der Waals surface area contributed by atoms with E-state index in [1.54, 1.807) is 18.2 Å². The van der Waals surface area contributed by atoms with E-state index in [1.165, 1.54) is 61.6 Å². The van der Waals surface area contributed by atoms with Crippen molar-refractivity contribution in [2.75, 3.05) is 153 Å². The van der Waals surface area contributed by atoms with Crippen molar-refractivity contribution < 1.29 is 78.9 Å². The molecule has 6 aliphatic rings. The number of anilines is 3. The Bertz CT molecular complexity index is 4990. The highest BCUT2D eigenvalue weighted by Gasteiger charge is 2.53. The maximum absolute atomic E-state index is 14.1. The Labute approximate surface area is 766 Å². The van der Waals surface area contributed by atoms with Gasteiger partial charge in [-0.3, -0.25) is 19.4 Å². The van der Waals surface area contributed by atoms with Crippen molar-refractivity contribution >= 4 is 58.5 Å². The molecule has 25 heteroatoms. The monoisotopic (exact) mass is 1820 g/mol. The van der Waals surface area contributed by atoms with Crippen molar-refractivity contribution in [1.29, 1.82) is 0 Å². The van der Waals surface area contributed by atoms with Crippen molar-refractivity contribution in [3.63, 3.8) is 0 Å². The van der Waals surface area contributed by atoms with Crippen LogP contribution < -0.4 is 28.7 Å². The van der Waals surface area contributed by atoms with Crippen LogP contribution >= 0.6 is 0 Å². The van der Waals surface area contributed by atoms with Gasteiger partial charge in [0.1, 0.15) is 11.5 Å². The molecule has 0 unspecified atom stereocenters. The molecule has 128 heavy (non-hydrogen) atoms. The number of hydrogen-bond donors (Lipinski definition) is 5. The fraction of sp³-hybridized carbons (Fsp3) is 0.583. The van der Waals surface area contributed by atoms with Crippen LogP contribution in [0.1, 0.15) is 246 Å². The number of aliphatic carboxylic acids is 2. The van der Waals surface area contributed by atoms with Gasteiger partial charge in [-0.1, -0.05) is 167 Å². The van der Waals surface area contributed by atoms with Crippen LogP contribution in [0.2, 0.25) is 0 Å². The van der Waals surface area contributed by atoms with Gasteiger partial charge in [0.15, 0.2) is 48.5 Å². The number of unbranched alkanes of at least 4 members (excludes halogenated alkanes) is 9.